The van der Waals surface area contributed by atoms with Gasteiger partial charge in [0.25, 0.3) is 0 Å². The van der Waals surface area contributed by atoms with Crippen molar-refractivity contribution < 1.29 is 0 Å². The molecule has 2 nitrogen and oxygen atoms in total. The third-order valence-electron chi connectivity index (χ3n) is 3.20. The zero-order chi connectivity index (χ0) is 9.54. The van der Waals surface area contributed by atoms with Crippen molar-refractivity contribution in [3.63, 3.8) is 0 Å². The Bertz CT molecular complexity index is 333. The van der Waals surface area contributed by atoms with Crippen molar-refractivity contribution in [2.45, 2.75) is 31.6 Å². The maximum Gasteiger partial charge on any atom is 0.133 e. The molecule has 3 rings (SSSR count). The van der Waals surface area contributed by atoms with Crippen molar-refractivity contribution in [2.75, 3.05) is 0 Å². The van der Waals surface area contributed by atoms with E-state index in [9.17, 15) is 0 Å². The van der Waals surface area contributed by atoms with Crippen LogP contribution in [-0.4, -0.2) is 9.97 Å². The van der Waals surface area contributed by atoms with Gasteiger partial charge in [-0.1, -0.05) is 11.6 Å². The Kier molecular flexibility index (Phi) is 1.98. The maximum atomic E-state index is 5.89. The van der Waals surface area contributed by atoms with E-state index in [0.717, 1.165) is 17.7 Å². The van der Waals surface area contributed by atoms with Crippen molar-refractivity contribution >= 4 is 11.6 Å². The number of nitrogens with zero attached hydrogens (tertiary/aromatic N) is 2. The molecule has 0 amide bonds. The lowest BCUT2D eigenvalue weighted by Crippen LogP contribution is -2.08. The molecule has 0 unspecified atom stereocenters. The highest BCUT2D eigenvalue weighted by atomic mass is 35.5. The fourth-order valence-electron chi connectivity index (χ4n) is 2.23. The fourth-order valence-corrected chi connectivity index (χ4v) is 2.37. The lowest BCUT2D eigenvalue weighted by atomic mass is 9.97. The molecule has 3 heteroatoms. The fraction of sp³-hybridized carbons (Fsp3) is 0.636. The largest absolute Gasteiger partial charge is 0.241 e. The summed E-state index contributed by atoms with van der Waals surface area (Å²) in [5, 5.41) is 0.585. The summed E-state index contributed by atoms with van der Waals surface area (Å²) in [6.45, 7) is 0. The minimum Gasteiger partial charge on any atom is -0.241 e. The van der Waals surface area contributed by atoms with Gasteiger partial charge < -0.3 is 0 Å². The van der Waals surface area contributed by atoms with Crippen LogP contribution < -0.4 is 0 Å². The van der Waals surface area contributed by atoms with Gasteiger partial charge >= 0.3 is 0 Å². The summed E-state index contributed by atoms with van der Waals surface area (Å²) in [5.41, 5.74) is 0. The molecule has 0 aromatic carbocycles. The minimum atomic E-state index is 0.585. The van der Waals surface area contributed by atoms with Crippen molar-refractivity contribution in [3.8, 4) is 0 Å². The monoisotopic (exact) mass is 208 g/mol. The van der Waals surface area contributed by atoms with Crippen LogP contribution in [0, 0.1) is 11.8 Å². The number of hydrogen-bond acceptors (Lipinski definition) is 2. The van der Waals surface area contributed by atoms with E-state index in [2.05, 4.69) is 9.97 Å². The molecule has 0 saturated heterocycles. The van der Waals surface area contributed by atoms with Crippen LogP contribution in [-0.2, 0) is 0 Å². The lowest BCUT2D eigenvalue weighted by Gasteiger charge is -2.13. The van der Waals surface area contributed by atoms with Gasteiger partial charge in [0.1, 0.15) is 11.0 Å². The first-order chi connectivity index (χ1) is 6.84. The molecular formula is C11H13ClN2. The Labute approximate surface area is 88.7 Å². The molecule has 0 spiro atoms. The topological polar surface area (TPSA) is 25.8 Å². The first-order valence-corrected chi connectivity index (χ1v) is 5.71. The third kappa shape index (κ3) is 1.63. The molecule has 2 aliphatic rings. The summed E-state index contributed by atoms with van der Waals surface area (Å²) in [4.78, 5) is 8.72. The van der Waals surface area contributed by atoms with Gasteiger partial charge in [0, 0.05) is 12.1 Å². The lowest BCUT2D eigenvalue weighted by molar-refractivity contribution is 0.508. The Morgan fingerprint density at radius 3 is 2.36 bits per heavy atom. The Balaban J connectivity index is 1.89. The summed E-state index contributed by atoms with van der Waals surface area (Å²) >= 11 is 5.89. The van der Waals surface area contributed by atoms with Crippen LogP contribution in [0.4, 0.5) is 0 Å². The summed E-state index contributed by atoms with van der Waals surface area (Å²) in [6.07, 6.45) is 7.21. The third-order valence-corrected chi connectivity index (χ3v) is 3.41. The summed E-state index contributed by atoms with van der Waals surface area (Å²) in [6, 6.07) is 1.75. The number of aromatic nitrogens is 2. The molecule has 1 aromatic heterocycles. The predicted octanol–water partition coefficient (Wildman–Crippen LogP) is 3.03. The van der Waals surface area contributed by atoms with Gasteiger partial charge in [0.05, 0.1) is 0 Å². The average Bonchev–Trinajstić information content (AvgIpc) is 2.98. The molecule has 0 bridgehead atoms. The summed E-state index contributed by atoms with van der Waals surface area (Å²) in [7, 11) is 0. The van der Waals surface area contributed by atoms with E-state index >= 15 is 0 Å². The smallest absolute Gasteiger partial charge is 0.133 e. The first kappa shape index (κ1) is 8.66. The van der Waals surface area contributed by atoms with E-state index in [0.29, 0.717) is 11.1 Å². The van der Waals surface area contributed by atoms with Crippen molar-refractivity contribution in [2.24, 2.45) is 11.8 Å². The molecule has 14 heavy (non-hydrogen) atoms. The van der Waals surface area contributed by atoms with E-state index in [1.807, 2.05) is 0 Å². The quantitative estimate of drug-likeness (QED) is 0.714. The van der Waals surface area contributed by atoms with Crippen LogP contribution in [0.1, 0.15) is 37.4 Å². The molecule has 1 heterocycles. The first-order valence-electron chi connectivity index (χ1n) is 5.33. The second-order valence-corrected chi connectivity index (χ2v) is 4.83. The van der Waals surface area contributed by atoms with Crippen LogP contribution in [0.3, 0.4) is 0 Å². The zero-order valence-electron chi connectivity index (χ0n) is 7.99. The van der Waals surface area contributed by atoms with Crippen molar-refractivity contribution in [3.05, 3.63) is 23.2 Å². The van der Waals surface area contributed by atoms with Gasteiger partial charge in [0.15, 0.2) is 0 Å². The van der Waals surface area contributed by atoms with Crippen LogP contribution in [0.25, 0.3) is 0 Å². The minimum absolute atomic E-state index is 0.585. The number of rotatable bonds is 3. The molecule has 2 fully saturated rings. The predicted molar refractivity (Wildman–Crippen MR) is 55.2 cm³/mol. The number of hydrogen-bond donors (Lipinski definition) is 0. The molecule has 0 radical (unpaired) electrons. The Morgan fingerprint density at radius 2 is 1.86 bits per heavy atom. The summed E-state index contributed by atoms with van der Waals surface area (Å²) in [5.74, 6) is 3.29. The highest BCUT2D eigenvalue weighted by Gasteiger charge is 2.43. The van der Waals surface area contributed by atoms with Gasteiger partial charge in [-0.15, -0.1) is 0 Å². The maximum absolute atomic E-state index is 5.89. The van der Waals surface area contributed by atoms with Crippen LogP contribution >= 0.6 is 11.6 Å². The molecule has 2 saturated carbocycles. The standard InChI is InChI=1S/C11H13ClN2/c12-9-5-6-13-11(14-9)10(7-1-2-7)8-3-4-8/h5-8,10H,1-4H2. The number of halogens is 1. The van der Waals surface area contributed by atoms with E-state index in [1.54, 1.807) is 12.3 Å². The molecular weight excluding hydrogens is 196 g/mol. The van der Waals surface area contributed by atoms with Crippen LogP contribution in [0.15, 0.2) is 12.3 Å². The van der Waals surface area contributed by atoms with E-state index in [-0.39, 0.29) is 0 Å². The Hall–Kier alpha value is -0.630. The molecule has 2 aliphatic carbocycles. The van der Waals surface area contributed by atoms with Gasteiger partial charge in [-0.05, 0) is 43.6 Å². The molecule has 74 valence electrons. The van der Waals surface area contributed by atoms with E-state index in [1.165, 1.54) is 25.7 Å². The molecule has 1 aromatic rings. The SMILES string of the molecule is Clc1ccnc(C(C2CC2)C2CC2)n1. The summed E-state index contributed by atoms with van der Waals surface area (Å²) < 4.78 is 0. The molecule has 0 atom stereocenters. The molecule has 0 N–H and O–H groups in total. The second kappa shape index (κ2) is 3.20. The van der Waals surface area contributed by atoms with Crippen LogP contribution in [0.2, 0.25) is 5.15 Å². The van der Waals surface area contributed by atoms with E-state index in [4.69, 9.17) is 11.6 Å². The zero-order valence-corrected chi connectivity index (χ0v) is 8.74. The van der Waals surface area contributed by atoms with Crippen molar-refractivity contribution in [1.82, 2.24) is 9.97 Å². The van der Waals surface area contributed by atoms with Crippen molar-refractivity contribution in [1.29, 1.82) is 0 Å². The molecule has 0 aliphatic heterocycles. The second-order valence-electron chi connectivity index (χ2n) is 4.44. The normalized spacial score (nSPS) is 21.6. The highest BCUT2D eigenvalue weighted by Crippen LogP contribution is 2.53. The Morgan fingerprint density at radius 1 is 1.21 bits per heavy atom. The van der Waals surface area contributed by atoms with E-state index < -0.39 is 0 Å². The highest BCUT2D eigenvalue weighted by molar-refractivity contribution is 6.29. The van der Waals surface area contributed by atoms with Gasteiger partial charge in [-0.3, -0.25) is 0 Å². The average molecular weight is 209 g/mol. The van der Waals surface area contributed by atoms with Crippen LogP contribution in [0.5, 0.6) is 0 Å². The van der Waals surface area contributed by atoms with Gasteiger partial charge in [-0.25, -0.2) is 9.97 Å². The van der Waals surface area contributed by atoms with Gasteiger partial charge in [0.2, 0.25) is 0 Å². The van der Waals surface area contributed by atoms with Gasteiger partial charge in [-0.2, -0.15) is 0 Å².